The maximum absolute atomic E-state index is 6.10. The lowest BCUT2D eigenvalue weighted by atomic mass is 9.72. The van der Waals surface area contributed by atoms with E-state index in [4.69, 9.17) is 4.74 Å². The molecule has 0 aromatic rings. The summed E-state index contributed by atoms with van der Waals surface area (Å²) in [6.07, 6.45) is 10.5. The van der Waals surface area contributed by atoms with Gasteiger partial charge in [-0.3, -0.25) is 0 Å². The molecule has 0 amide bonds. The average Bonchev–Trinajstić information content (AvgIpc) is 2.77. The minimum Gasteiger partial charge on any atom is -0.374 e. The first-order valence-corrected chi connectivity index (χ1v) is 7.59. The molecular weight excluding hydrogens is 210 g/mol. The highest BCUT2D eigenvalue weighted by molar-refractivity contribution is 4.91. The third-order valence-electron chi connectivity index (χ3n) is 4.95. The molecule has 2 rings (SSSR count). The normalized spacial score (nSPS) is 40.4. The van der Waals surface area contributed by atoms with Gasteiger partial charge >= 0.3 is 0 Å². The highest BCUT2D eigenvalue weighted by atomic mass is 16.5. The van der Waals surface area contributed by atoms with Crippen LogP contribution in [0.1, 0.15) is 58.8 Å². The van der Waals surface area contributed by atoms with Gasteiger partial charge in [-0.15, -0.1) is 0 Å². The molecule has 0 radical (unpaired) electrons. The van der Waals surface area contributed by atoms with E-state index in [1.54, 1.807) is 0 Å². The summed E-state index contributed by atoms with van der Waals surface area (Å²) in [5.41, 5.74) is 0. The Kier molecular flexibility index (Phi) is 4.87. The van der Waals surface area contributed by atoms with E-state index in [2.05, 4.69) is 26.2 Å². The summed E-state index contributed by atoms with van der Waals surface area (Å²) in [5, 5.41) is 3.57. The van der Waals surface area contributed by atoms with E-state index in [9.17, 15) is 0 Å². The Bertz CT molecular complexity index is 231. The summed E-state index contributed by atoms with van der Waals surface area (Å²) in [7, 11) is 2.12. The maximum atomic E-state index is 6.10. The van der Waals surface area contributed by atoms with E-state index in [-0.39, 0.29) is 0 Å². The highest BCUT2D eigenvalue weighted by Crippen LogP contribution is 2.38. The largest absolute Gasteiger partial charge is 0.374 e. The van der Waals surface area contributed by atoms with Crippen LogP contribution in [0.15, 0.2) is 0 Å². The summed E-state index contributed by atoms with van der Waals surface area (Å²) < 4.78 is 6.10. The van der Waals surface area contributed by atoms with Gasteiger partial charge in [-0.25, -0.2) is 0 Å². The van der Waals surface area contributed by atoms with Crippen molar-refractivity contribution in [3.8, 4) is 0 Å². The smallest absolute Gasteiger partial charge is 0.0735 e. The van der Waals surface area contributed by atoms with Gasteiger partial charge in [0.25, 0.3) is 0 Å². The van der Waals surface area contributed by atoms with E-state index in [1.807, 2.05) is 0 Å². The molecule has 1 saturated heterocycles. The van der Waals surface area contributed by atoms with E-state index in [1.165, 1.54) is 44.9 Å². The molecule has 1 N–H and O–H groups in total. The molecule has 1 saturated carbocycles. The first-order valence-electron chi connectivity index (χ1n) is 7.59. The molecule has 0 aromatic heterocycles. The van der Waals surface area contributed by atoms with Gasteiger partial charge in [-0.2, -0.15) is 0 Å². The van der Waals surface area contributed by atoms with Gasteiger partial charge in [0.2, 0.25) is 0 Å². The zero-order chi connectivity index (χ0) is 12.3. The molecule has 1 aliphatic heterocycles. The lowest BCUT2D eigenvalue weighted by Gasteiger charge is -2.39. The standard InChI is InChI=1S/C15H29NO/c1-4-12-7-5-6-8-13(12)15(16-3)14-10-9-11(2)17-14/h11-16H,4-10H2,1-3H3. The molecule has 100 valence electrons. The van der Waals surface area contributed by atoms with Crippen LogP contribution in [-0.2, 0) is 4.74 Å². The molecule has 2 aliphatic rings. The van der Waals surface area contributed by atoms with Crippen LogP contribution in [0.3, 0.4) is 0 Å². The Labute approximate surface area is 107 Å². The minimum absolute atomic E-state index is 0.465. The van der Waals surface area contributed by atoms with E-state index in [0.717, 1.165) is 11.8 Å². The molecule has 1 heterocycles. The number of hydrogen-bond acceptors (Lipinski definition) is 2. The average molecular weight is 239 g/mol. The number of likely N-dealkylation sites (N-methyl/N-ethyl adjacent to an activating group) is 1. The van der Waals surface area contributed by atoms with Crippen LogP contribution >= 0.6 is 0 Å². The maximum Gasteiger partial charge on any atom is 0.0735 e. The monoisotopic (exact) mass is 239 g/mol. The van der Waals surface area contributed by atoms with Crippen molar-refractivity contribution >= 4 is 0 Å². The summed E-state index contributed by atoms with van der Waals surface area (Å²) in [4.78, 5) is 0. The molecular formula is C15H29NO. The van der Waals surface area contributed by atoms with Gasteiger partial charge in [-0.1, -0.05) is 32.6 Å². The van der Waals surface area contributed by atoms with Crippen LogP contribution in [0.5, 0.6) is 0 Å². The number of hydrogen-bond donors (Lipinski definition) is 1. The van der Waals surface area contributed by atoms with Crippen molar-refractivity contribution in [2.24, 2.45) is 11.8 Å². The third-order valence-corrected chi connectivity index (χ3v) is 4.95. The first-order chi connectivity index (χ1) is 8.26. The topological polar surface area (TPSA) is 21.3 Å². The SMILES string of the molecule is CCC1CCCCC1C(NC)C1CCC(C)O1. The molecule has 5 atom stereocenters. The van der Waals surface area contributed by atoms with Crippen LogP contribution in [0.25, 0.3) is 0 Å². The summed E-state index contributed by atoms with van der Waals surface area (Å²) in [5.74, 6) is 1.76. The second kappa shape index (κ2) is 6.19. The molecule has 0 spiro atoms. The second-order valence-electron chi connectivity index (χ2n) is 5.99. The molecule has 2 nitrogen and oxygen atoms in total. The second-order valence-corrected chi connectivity index (χ2v) is 5.99. The molecule has 17 heavy (non-hydrogen) atoms. The van der Waals surface area contributed by atoms with Crippen molar-refractivity contribution in [2.75, 3.05) is 7.05 Å². The molecule has 5 unspecified atom stereocenters. The quantitative estimate of drug-likeness (QED) is 0.812. The van der Waals surface area contributed by atoms with Gasteiger partial charge in [0, 0.05) is 6.04 Å². The lowest BCUT2D eigenvalue weighted by molar-refractivity contribution is 0.00296. The Morgan fingerprint density at radius 1 is 1.18 bits per heavy atom. The van der Waals surface area contributed by atoms with Crippen LogP contribution in [0.4, 0.5) is 0 Å². The Morgan fingerprint density at radius 2 is 1.94 bits per heavy atom. The number of nitrogens with one attached hydrogen (secondary N) is 1. The van der Waals surface area contributed by atoms with E-state index >= 15 is 0 Å². The highest BCUT2D eigenvalue weighted by Gasteiger charge is 2.37. The predicted molar refractivity (Wildman–Crippen MR) is 72.2 cm³/mol. The fraction of sp³-hybridized carbons (Fsp3) is 1.00. The Morgan fingerprint density at radius 3 is 2.53 bits per heavy atom. The van der Waals surface area contributed by atoms with Crippen LogP contribution in [0, 0.1) is 11.8 Å². The van der Waals surface area contributed by atoms with Crippen LogP contribution in [0.2, 0.25) is 0 Å². The van der Waals surface area contributed by atoms with Gasteiger partial charge in [-0.05, 0) is 45.1 Å². The molecule has 0 aromatic carbocycles. The van der Waals surface area contributed by atoms with Crippen molar-refractivity contribution in [1.29, 1.82) is 0 Å². The zero-order valence-corrected chi connectivity index (χ0v) is 11.7. The van der Waals surface area contributed by atoms with Crippen molar-refractivity contribution in [2.45, 2.75) is 77.0 Å². The van der Waals surface area contributed by atoms with Crippen molar-refractivity contribution < 1.29 is 4.74 Å². The van der Waals surface area contributed by atoms with Gasteiger partial charge in [0.1, 0.15) is 0 Å². The van der Waals surface area contributed by atoms with Crippen LogP contribution < -0.4 is 5.32 Å². The fourth-order valence-electron chi connectivity index (χ4n) is 3.99. The lowest BCUT2D eigenvalue weighted by Crippen LogP contribution is -2.47. The zero-order valence-electron chi connectivity index (χ0n) is 11.7. The minimum atomic E-state index is 0.465. The summed E-state index contributed by atoms with van der Waals surface area (Å²) in [6, 6.07) is 0.588. The van der Waals surface area contributed by atoms with Gasteiger partial charge < -0.3 is 10.1 Å². The first kappa shape index (κ1) is 13.4. The Hall–Kier alpha value is -0.0800. The Balaban J connectivity index is 2.00. The third kappa shape index (κ3) is 3.03. The molecule has 0 bridgehead atoms. The number of ether oxygens (including phenoxy) is 1. The van der Waals surface area contributed by atoms with Crippen molar-refractivity contribution in [1.82, 2.24) is 5.32 Å². The van der Waals surface area contributed by atoms with Crippen LogP contribution in [-0.4, -0.2) is 25.3 Å². The summed E-state index contributed by atoms with van der Waals surface area (Å²) >= 11 is 0. The van der Waals surface area contributed by atoms with Crippen molar-refractivity contribution in [3.63, 3.8) is 0 Å². The van der Waals surface area contributed by atoms with E-state index < -0.39 is 0 Å². The molecule has 2 heteroatoms. The fourth-order valence-corrected chi connectivity index (χ4v) is 3.99. The summed E-state index contributed by atoms with van der Waals surface area (Å²) in [6.45, 7) is 4.57. The van der Waals surface area contributed by atoms with E-state index in [0.29, 0.717) is 18.2 Å². The van der Waals surface area contributed by atoms with Gasteiger partial charge in [0.05, 0.1) is 12.2 Å². The van der Waals surface area contributed by atoms with Crippen molar-refractivity contribution in [3.05, 3.63) is 0 Å². The predicted octanol–water partition coefficient (Wildman–Crippen LogP) is 3.36. The van der Waals surface area contributed by atoms with Gasteiger partial charge in [0.15, 0.2) is 0 Å². The molecule has 1 aliphatic carbocycles. The molecule has 2 fully saturated rings. The number of rotatable bonds is 4.